The number of anilines is 1. The van der Waals surface area contributed by atoms with Gasteiger partial charge in [-0.05, 0) is 23.1 Å². The second-order valence-corrected chi connectivity index (χ2v) is 4.09. The van der Waals surface area contributed by atoms with Gasteiger partial charge in [-0.3, -0.25) is 5.84 Å². The van der Waals surface area contributed by atoms with Crippen molar-refractivity contribution in [2.24, 2.45) is 5.84 Å². The van der Waals surface area contributed by atoms with E-state index in [2.05, 4.69) is 5.43 Å². The van der Waals surface area contributed by atoms with Crippen LogP contribution >= 0.6 is 0 Å². The molecule has 0 radical (unpaired) electrons. The maximum absolute atomic E-state index is 13.2. The van der Waals surface area contributed by atoms with E-state index in [1.807, 2.05) is 26.8 Å². The van der Waals surface area contributed by atoms with Crippen molar-refractivity contribution in [2.75, 3.05) is 5.43 Å². The standard InChI is InChI=1S/C10H15FN2/c1-10(2,3)7-4-5-9(13-12)8(11)6-7/h4-6,13H,12H2,1-3H3. The molecule has 0 aliphatic carbocycles. The molecule has 0 saturated carbocycles. The van der Waals surface area contributed by atoms with Crippen molar-refractivity contribution < 1.29 is 4.39 Å². The normalized spacial score (nSPS) is 11.5. The van der Waals surface area contributed by atoms with Crippen LogP contribution in [0.2, 0.25) is 0 Å². The van der Waals surface area contributed by atoms with Crippen molar-refractivity contribution in [1.82, 2.24) is 0 Å². The molecule has 0 aliphatic heterocycles. The van der Waals surface area contributed by atoms with Crippen molar-refractivity contribution >= 4 is 5.69 Å². The quantitative estimate of drug-likeness (QED) is 0.517. The first-order chi connectivity index (χ1) is 5.95. The number of hydrazine groups is 1. The summed E-state index contributed by atoms with van der Waals surface area (Å²) in [5, 5.41) is 0. The Kier molecular flexibility index (Phi) is 2.57. The lowest BCUT2D eigenvalue weighted by atomic mass is 9.87. The molecule has 0 saturated heterocycles. The highest BCUT2D eigenvalue weighted by atomic mass is 19.1. The number of nitrogens with two attached hydrogens (primary N) is 1. The molecule has 0 heterocycles. The highest BCUT2D eigenvalue weighted by Gasteiger charge is 2.15. The molecule has 1 aromatic rings. The van der Waals surface area contributed by atoms with Crippen molar-refractivity contribution in [3.8, 4) is 0 Å². The van der Waals surface area contributed by atoms with Crippen LogP contribution in [0.4, 0.5) is 10.1 Å². The zero-order valence-corrected chi connectivity index (χ0v) is 8.19. The third kappa shape index (κ3) is 2.18. The average Bonchev–Trinajstić information content (AvgIpc) is 2.02. The predicted molar refractivity (Wildman–Crippen MR) is 52.9 cm³/mol. The molecule has 1 aromatic carbocycles. The highest BCUT2D eigenvalue weighted by molar-refractivity contribution is 5.46. The lowest BCUT2D eigenvalue weighted by molar-refractivity contribution is 0.573. The maximum atomic E-state index is 13.2. The van der Waals surface area contributed by atoms with Crippen LogP contribution in [0.3, 0.4) is 0 Å². The number of hydrogen-bond acceptors (Lipinski definition) is 2. The Labute approximate surface area is 77.9 Å². The van der Waals surface area contributed by atoms with Crippen LogP contribution in [-0.2, 0) is 5.41 Å². The smallest absolute Gasteiger partial charge is 0.147 e. The van der Waals surface area contributed by atoms with Gasteiger partial charge in [0.1, 0.15) is 5.82 Å². The molecular formula is C10H15FN2. The molecule has 0 spiro atoms. The number of nitrogens with one attached hydrogen (secondary N) is 1. The minimum Gasteiger partial charge on any atom is -0.321 e. The molecule has 13 heavy (non-hydrogen) atoms. The zero-order valence-electron chi connectivity index (χ0n) is 8.19. The SMILES string of the molecule is CC(C)(C)c1ccc(NN)c(F)c1. The molecule has 3 N–H and O–H groups in total. The minimum absolute atomic E-state index is 0.0338. The van der Waals surface area contributed by atoms with Crippen LogP contribution in [0.1, 0.15) is 26.3 Å². The van der Waals surface area contributed by atoms with E-state index in [0.29, 0.717) is 5.69 Å². The number of rotatable bonds is 1. The summed E-state index contributed by atoms with van der Waals surface area (Å²) in [5.41, 5.74) is 3.55. The molecule has 0 amide bonds. The van der Waals surface area contributed by atoms with E-state index in [1.54, 1.807) is 6.07 Å². The summed E-state index contributed by atoms with van der Waals surface area (Å²) in [6, 6.07) is 5.03. The van der Waals surface area contributed by atoms with Gasteiger partial charge in [0.15, 0.2) is 0 Å². The number of nitrogen functional groups attached to an aromatic ring is 1. The van der Waals surface area contributed by atoms with Crippen LogP contribution < -0.4 is 11.3 Å². The summed E-state index contributed by atoms with van der Waals surface area (Å²) >= 11 is 0. The van der Waals surface area contributed by atoms with E-state index in [1.165, 1.54) is 6.07 Å². The molecule has 0 fully saturated rings. The largest absolute Gasteiger partial charge is 0.321 e. The van der Waals surface area contributed by atoms with Crippen molar-refractivity contribution in [3.63, 3.8) is 0 Å². The highest BCUT2D eigenvalue weighted by Crippen LogP contribution is 2.25. The Morgan fingerprint density at radius 2 is 1.92 bits per heavy atom. The van der Waals surface area contributed by atoms with E-state index in [-0.39, 0.29) is 11.2 Å². The van der Waals surface area contributed by atoms with E-state index in [4.69, 9.17) is 5.84 Å². The van der Waals surface area contributed by atoms with E-state index < -0.39 is 0 Å². The Morgan fingerprint density at radius 3 is 2.31 bits per heavy atom. The summed E-state index contributed by atoms with van der Waals surface area (Å²) in [6.07, 6.45) is 0. The molecule has 2 nitrogen and oxygen atoms in total. The van der Waals surface area contributed by atoms with Crippen molar-refractivity contribution in [2.45, 2.75) is 26.2 Å². The maximum Gasteiger partial charge on any atom is 0.147 e. The lowest BCUT2D eigenvalue weighted by Crippen LogP contribution is -2.13. The third-order valence-electron chi connectivity index (χ3n) is 1.99. The van der Waals surface area contributed by atoms with Crippen LogP contribution in [0.5, 0.6) is 0 Å². The Balaban J connectivity index is 3.10. The first-order valence-electron chi connectivity index (χ1n) is 4.22. The van der Waals surface area contributed by atoms with Gasteiger partial charge >= 0.3 is 0 Å². The fraction of sp³-hybridized carbons (Fsp3) is 0.400. The number of hydrogen-bond donors (Lipinski definition) is 2. The Hall–Kier alpha value is -1.09. The molecule has 0 bridgehead atoms. The summed E-state index contributed by atoms with van der Waals surface area (Å²) in [4.78, 5) is 0. The van der Waals surface area contributed by atoms with Crippen molar-refractivity contribution in [1.29, 1.82) is 0 Å². The van der Waals surface area contributed by atoms with E-state index in [0.717, 1.165) is 5.56 Å². The minimum atomic E-state index is -0.310. The van der Waals surface area contributed by atoms with Gasteiger partial charge < -0.3 is 5.43 Å². The molecule has 0 aromatic heterocycles. The molecular weight excluding hydrogens is 167 g/mol. The topological polar surface area (TPSA) is 38.0 Å². The van der Waals surface area contributed by atoms with Crippen LogP contribution in [0.15, 0.2) is 18.2 Å². The Bertz CT molecular complexity index is 302. The van der Waals surface area contributed by atoms with Crippen LogP contribution in [0.25, 0.3) is 0 Å². The van der Waals surface area contributed by atoms with Crippen LogP contribution in [0, 0.1) is 5.82 Å². The van der Waals surface area contributed by atoms with Gasteiger partial charge in [-0.2, -0.15) is 0 Å². The summed E-state index contributed by atoms with van der Waals surface area (Å²) < 4.78 is 13.2. The van der Waals surface area contributed by atoms with Gasteiger partial charge in [0.25, 0.3) is 0 Å². The summed E-state index contributed by atoms with van der Waals surface area (Å²) in [6.45, 7) is 6.12. The fourth-order valence-corrected chi connectivity index (χ4v) is 1.10. The van der Waals surface area contributed by atoms with Crippen LogP contribution in [-0.4, -0.2) is 0 Å². The van der Waals surface area contributed by atoms with Gasteiger partial charge in [-0.15, -0.1) is 0 Å². The predicted octanol–water partition coefficient (Wildman–Crippen LogP) is 2.41. The average molecular weight is 182 g/mol. The van der Waals surface area contributed by atoms with Gasteiger partial charge in [0, 0.05) is 0 Å². The first kappa shape index (κ1) is 9.99. The van der Waals surface area contributed by atoms with Gasteiger partial charge in [-0.1, -0.05) is 26.8 Å². The molecule has 3 heteroatoms. The second-order valence-electron chi connectivity index (χ2n) is 4.09. The molecule has 1 rings (SSSR count). The van der Waals surface area contributed by atoms with Gasteiger partial charge in [0.2, 0.25) is 0 Å². The Morgan fingerprint density at radius 1 is 1.31 bits per heavy atom. The van der Waals surface area contributed by atoms with E-state index >= 15 is 0 Å². The lowest BCUT2D eigenvalue weighted by Gasteiger charge is -2.19. The number of halogens is 1. The zero-order chi connectivity index (χ0) is 10.1. The summed E-state index contributed by atoms with van der Waals surface area (Å²) in [7, 11) is 0. The molecule has 0 aliphatic rings. The van der Waals surface area contributed by atoms with Gasteiger partial charge in [-0.25, -0.2) is 4.39 Å². The molecule has 0 unspecified atom stereocenters. The van der Waals surface area contributed by atoms with Gasteiger partial charge in [0.05, 0.1) is 5.69 Å². The number of benzene rings is 1. The first-order valence-corrected chi connectivity index (χ1v) is 4.22. The second kappa shape index (κ2) is 3.34. The molecule has 72 valence electrons. The van der Waals surface area contributed by atoms with E-state index in [9.17, 15) is 4.39 Å². The summed E-state index contributed by atoms with van der Waals surface area (Å²) in [5.74, 6) is 4.81. The monoisotopic (exact) mass is 182 g/mol. The molecule has 0 atom stereocenters. The third-order valence-corrected chi connectivity index (χ3v) is 1.99. The van der Waals surface area contributed by atoms with Crippen molar-refractivity contribution in [3.05, 3.63) is 29.6 Å². The fourth-order valence-electron chi connectivity index (χ4n) is 1.10.